The molecule has 0 atom stereocenters. The van der Waals surface area contributed by atoms with Crippen LogP contribution in [-0.4, -0.2) is 17.6 Å². The van der Waals surface area contributed by atoms with E-state index in [1.807, 2.05) is 0 Å². The van der Waals surface area contributed by atoms with Crippen molar-refractivity contribution in [1.82, 2.24) is 0 Å². The van der Waals surface area contributed by atoms with E-state index in [0.29, 0.717) is 12.1 Å². The summed E-state index contributed by atoms with van der Waals surface area (Å²) in [7, 11) is 0. The average molecular weight is 261 g/mol. The van der Waals surface area contributed by atoms with Gasteiger partial charge in [0, 0.05) is 18.0 Å². The number of aliphatic hydroxyl groups is 1. The minimum atomic E-state index is -0.461. The lowest BCUT2D eigenvalue weighted by Gasteiger charge is -2.24. The zero-order chi connectivity index (χ0) is 13.7. The lowest BCUT2D eigenvalue weighted by molar-refractivity contribution is -0.122. The number of aliphatic hydroxyl groups excluding tert-OH is 1. The second-order valence-electron chi connectivity index (χ2n) is 4.59. The summed E-state index contributed by atoms with van der Waals surface area (Å²) in [5.74, 6) is 4.88. The largest absolute Gasteiger partial charge is 0.395 e. The Hall–Kier alpha value is -1.86. The van der Waals surface area contributed by atoms with Crippen molar-refractivity contribution in [1.29, 1.82) is 0 Å². The Kier molecular flexibility index (Phi) is 4.53. The number of rotatable bonds is 3. The second-order valence-corrected chi connectivity index (χ2v) is 4.59. The number of halogens is 1. The van der Waals surface area contributed by atoms with Crippen LogP contribution in [0, 0.1) is 23.6 Å². The van der Waals surface area contributed by atoms with E-state index in [1.165, 1.54) is 12.1 Å². The Balaban J connectivity index is 2.02. The summed E-state index contributed by atoms with van der Waals surface area (Å²) in [4.78, 5) is 11.7. The minimum Gasteiger partial charge on any atom is -0.395 e. The van der Waals surface area contributed by atoms with Gasteiger partial charge in [-0.1, -0.05) is 18.3 Å². The fourth-order valence-corrected chi connectivity index (χ4v) is 1.82. The molecule has 1 aliphatic carbocycles. The van der Waals surface area contributed by atoms with Crippen LogP contribution in [0.15, 0.2) is 18.2 Å². The molecule has 1 amide bonds. The lowest BCUT2D eigenvalue weighted by Crippen LogP contribution is -2.28. The molecule has 0 saturated heterocycles. The molecule has 0 heterocycles. The Morgan fingerprint density at radius 3 is 2.84 bits per heavy atom. The zero-order valence-electron chi connectivity index (χ0n) is 10.6. The van der Waals surface area contributed by atoms with Crippen molar-refractivity contribution >= 4 is 11.6 Å². The van der Waals surface area contributed by atoms with Gasteiger partial charge in [0.15, 0.2) is 0 Å². The Morgan fingerprint density at radius 1 is 1.47 bits per heavy atom. The summed E-state index contributed by atoms with van der Waals surface area (Å²) in [6.07, 6.45) is 3.24. The van der Waals surface area contributed by atoms with Crippen molar-refractivity contribution in [3.8, 4) is 11.8 Å². The standard InChI is InChI=1S/C15H16FNO2/c16-14-10-13(17-15(19)12-5-3-6-12)8-7-11(14)4-1-2-9-18/h7-8,10,12,18H,2-3,5-6,9H2,(H,17,19). The van der Waals surface area contributed by atoms with Crippen molar-refractivity contribution in [2.24, 2.45) is 5.92 Å². The molecule has 0 spiro atoms. The van der Waals surface area contributed by atoms with Crippen molar-refractivity contribution in [3.05, 3.63) is 29.6 Å². The molecule has 0 unspecified atom stereocenters. The van der Waals surface area contributed by atoms with Gasteiger partial charge < -0.3 is 10.4 Å². The van der Waals surface area contributed by atoms with Gasteiger partial charge in [0.05, 0.1) is 12.2 Å². The third-order valence-electron chi connectivity index (χ3n) is 3.17. The molecule has 1 aromatic carbocycles. The van der Waals surface area contributed by atoms with Gasteiger partial charge in [-0.05, 0) is 31.0 Å². The fraction of sp³-hybridized carbons (Fsp3) is 0.400. The molecule has 1 fully saturated rings. The maximum Gasteiger partial charge on any atom is 0.227 e. The summed E-state index contributed by atoms with van der Waals surface area (Å²) < 4.78 is 13.7. The lowest BCUT2D eigenvalue weighted by atomic mass is 9.85. The molecule has 2 rings (SSSR count). The van der Waals surface area contributed by atoms with E-state index >= 15 is 0 Å². The van der Waals surface area contributed by atoms with Gasteiger partial charge in [-0.25, -0.2) is 4.39 Å². The van der Waals surface area contributed by atoms with Crippen LogP contribution in [0.5, 0.6) is 0 Å². The van der Waals surface area contributed by atoms with Crippen molar-refractivity contribution in [2.75, 3.05) is 11.9 Å². The highest BCUT2D eigenvalue weighted by Gasteiger charge is 2.25. The maximum atomic E-state index is 13.7. The van der Waals surface area contributed by atoms with Gasteiger partial charge in [-0.15, -0.1) is 0 Å². The molecule has 0 aromatic heterocycles. The fourth-order valence-electron chi connectivity index (χ4n) is 1.82. The molecule has 4 heteroatoms. The van der Waals surface area contributed by atoms with E-state index in [1.54, 1.807) is 6.07 Å². The molecule has 1 aromatic rings. The van der Waals surface area contributed by atoms with Crippen LogP contribution >= 0.6 is 0 Å². The summed E-state index contributed by atoms with van der Waals surface area (Å²) in [5, 5.41) is 11.3. The SMILES string of the molecule is O=C(Nc1ccc(C#CCCO)c(F)c1)C1CCC1. The Morgan fingerprint density at radius 2 is 2.26 bits per heavy atom. The summed E-state index contributed by atoms with van der Waals surface area (Å²) in [5.41, 5.74) is 0.734. The molecule has 3 nitrogen and oxygen atoms in total. The van der Waals surface area contributed by atoms with E-state index < -0.39 is 5.82 Å². The first-order chi connectivity index (χ1) is 9.20. The number of benzene rings is 1. The van der Waals surface area contributed by atoms with Gasteiger partial charge >= 0.3 is 0 Å². The Bertz CT molecular complexity index is 527. The first-order valence-corrected chi connectivity index (χ1v) is 6.41. The number of anilines is 1. The zero-order valence-corrected chi connectivity index (χ0v) is 10.6. The van der Waals surface area contributed by atoms with Crippen LogP contribution in [0.25, 0.3) is 0 Å². The summed E-state index contributed by atoms with van der Waals surface area (Å²) >= 11 is 0. The van der Waals surface area contributed by atoms with Crippen LogP contribution in [-0.2, 0) is 4.79 Å². The van der Waals surface area contributed by atoms with Gasteiger partial charge in [0.25, 0.3) is 0 Å². The third kappa shape index (κ3) is 3.55. The van der Waals surface area contributed by atoms with Crippen molar-refractivity contribution in [2.45, 2.75) is 25.7 Å². The summed E-state index contributed by atoms with van der Waals surface area (Å²) in [6, 6.07) is 4.46. The van der Waals surface area contributed by atoms with Gasteiger partial charge in [0.1, 0.15) is 5.82 Å². The van der Waals surface area contributed by atoms with Gasteiger partial charge in [-0.2, -0.15) is 0 Å². The van der Waals surface area contributed by atoms with E-state index in [9.17, 15) is 9.18 Å². The van der Waals surface area contributed by atoms with Crippen LogP contribution in [0.3, 0.4) is 0 Å². The van der Waals surface area contributed by atoms with Gasteiger partial charge in [0.2, 0.25) is 5.91 Å². The highest BCUT2D eigenvalue weighted by atomic mass is 19.1. The van der Waals surface area contributed by atoms with E-state index in [-0.39, 0.29) is 24.0 Å². The van der Waals surface area contributed by atoms with Crippen LogP contribution in [0.4, 0.5) is 10.1 Å². The normalized spacial score (nSPS) is 14.2. The van der Waals surface area contributed by atoms with E-state index in [4.69, 9.17) is 5.11 Å². The topological polar surface area (TPSA) is 49.3 Å². The first-order valence-electron chi connectivity index (χ1n) is 6.41. The molecule has 1 saturated carbocycles. The number of carbonyl (C=O) groups excluding carboxylic acids is 1. The molecule has 1 aliphatic rings. The molecule has 100 valence electrons. The number of nitrogens with one attached hydrogen (secondary N) is 1. The summed E-state index contributed by atoms with van der Waals surface area (Å²) in [6.45, 7) is -0.0376. The van der Waals surface area contributed by atoms with Crippen molar-refractivity contribution in [3.63, 3.8) is 0 Å². The second kappa shape index (κ2) is 6.35. The predicted octanol–water partition coefficient (Wildman–Crippen LogP) is 2.30. The molecule has 0 bridgehead atoms. The number of amides is 1. The van der Waals surface area contributed by atoms with Gasteiger partial charge in [-0.3, -0.25) is 4.79 Å². The highest BCUT2D eigenvalue weighted by Crippen LogP contribution is 2.27. The molecule has 0 radical (unpaired) electrons. The van der Waals surface area contributed by atoms with Crippen molar-refractivity contribution < 1.29 is 14.3 Å². The molecular formula is C15H16FNO2. The predicted molar refractivity (Wildman–Crippen MR) is 71.0 cm³/mol. The number of hydrogen-bond donors (Lipinski definition) is 2. The quantitative estimate of drug-likeness (QED) is 0.820. The maximum absolute atomic E-state index is 13.7. The molecule has 2 N–H and O–H groups in total. The van der Waals surface area contributed by atoms with E-state index in [2.05, 4.69) is 17.2 Å². The molecule has 0 aliphatic heterocycles. The smallest absolute Gasteiger partial charge is 0.227 e. The first kappa shape index (κ1) is 13.6. The molecular weight excluding hydrogens is 245 g/mol. The van der Waals surface area contributed by atoms with Crippen LogP contribution in [0.1, 0.15) is 31.2 Å². The number of hydrogen-bond acceptors (Lipinski definition) is 2. The number of carbonyl (C=O) groups is 1. The van der Waals surface area contributed by atoms with E-state index in [0.717, 1.165) is 19.3 Å². The highest BCUT2D eigenvalue weighted by molar-refractivity contribution is 5.93. The van der Waals surface area contributed by atoms with Crippen LogP contribution < -0.4 is 5.32 Å². The average Bonchev–Trinajstić information content (AvgIpc) is 2.29. The molecule has 19 heavy (non-hydrogen) atoms. The third-order valence-corrected chi connectivity index (χ3v) is 3.17. The Labute approximate surface area is 111 Å². The minimum absolute atomic E-state index is 0.0373. The van der Waals surface area contributed by atoms with Crippen LogP contribution in [0.2, 0.25) is 0 Å². The monoisotopic (exact) mass is 261 g/mol.